The summed E-state index contributed by atoms with van der Waals surface area (Å²) >= 11 is 0. The molecule has 7 heteroatoms. The van der Waals surface area contributed by atoms with Crippen LogP contribution in [0.4, 0.5) is 0 Å². The summed E-state index contributed by atoms with van der Waals surface area (Å²) in [6.45, 7) is 0. The molecule has 7 nitrogen and oxygen atoms in total. The first-order valence-corrected chi connectivity index (χ1v) is 19.7. The van der Waals surface area contributed by atoms with Gasteiger partial charge in [-0.25, -0.2) is 19.9 Å². The van der Waals surface area contributed by atoms with E-state index >= 15 is 0 Å². The van der Waals surface area contributed by atoms with E-state index in [1.54, 1.807) is 0 Å². The van der Waals surface area contributed by atoms with Crippen LogP contribution in [0.15, 0.2) is 200 Å². The van der Waals surface area contributed by atoms with Gasteiger partial charge in [-0.1, -0.05) is 140 Å². The van der Waals surface area contributed by atoms with Crippen molar-refractivity contribution in [3.63, 3.8) is 0 Å². The molecule has 0 radical (unpaired) electrons. The minimum atomic E-state index is 0.622. The van der Waals surface area contributed by atoms with Crippen LogP contribution in [0.5, 0.6) is 0 Å². The molecule has 8 aromatic carbocycles. The summed E-state index contributed by atoms with van der Waals surface area (Å²) in [6.07, 6.45) is 0. The van der Waals surface area contributed by atoms with E-state index in [0.29, 0.717) is 17.5 Å². The molecule has 0 fully saturated rings. The third-order valence-electron chi connectivity index (χ3n) is 11.3. The second-order valence-electron chi connectivity index (χ2n) is 14.8. The van der Waals surface area contributed by atoms with Gasteiger partial charge in [0, 0.05) is 44.4 Å². The van der Waals surface area contributed by atoms with Crippen LogP contribution in [0.25, 0.3) is 106 Å². The van der Waals surface area contributed by atoms with Gasteiger partial charge in [-0.05, 0) is 66.2 Å². The van der Waals surface area contributed by atoms with Crippen molar-refractivity contribution in [2.75, 3.05) is 0 Å². The number of imidazole rings is 2. The third kappa shape index (κ3) is 5.29. The van der Waals surface area contributed by atoms with Gasteiger partial charge in [0.15, 0.2) is 17.5 Å². The highest BCUT2D eigenvalue weighted by molar-refractivity contribution is 6.11. The quantitative estimate of drug-likeness (QED) is 0.169. The van der Waals surface area contributed by atoms with Crippen molar-refractivity contribution >= 4 is 49.7 Å². The predicted octanol–water partition coefficient (Wildman–Crippen LogP) is 12.4. The topological polar surface area (TPSA) is 65.8 Å². The van der Waals surface area contributed by atoms with Crippen LogP contribution in [-0.4, -0.2) is 33.5 Å². The normalized spacial score (nSPS) is 11.7. The summed E-state index contributed by atoms with van der Waals surface area (Å²) in [5, 5.41) is 2.35. The van der Waals surface area contributed by atoms with Crippen LogP contribution < -0.4 is 0 Å². The second-order valence-corrected chi connectivity index (χ2v) is 14.8. The Hall–Kier alpha value is -8.16. The molecule has 59 heavy (non-hydrogen) atoms. The first-order chi connectivity index (χ1) is 29.3. The minimum Gasteiger partial charge on any atom is -0.309 e. The predicted molar refractivity (Wildman–Crippen MR) is 239 cm³/mol. The molecule has 0 amide bonds. The Kier molecular flexibility index (Phi) is 7.40. The smallest absolute Gasteiger partial charge is 0.220 e. The molecule has 0 bridgehead atoms. The number of benzene rings is 8. The monoisotopic (exact) mass is 755 g/mol. The zero-order valence-electron chi connectivity index (χ0n) is 31.7. The van der Waals surface area contributed by atoms with Crippen LogP contribution in [0, 0.1) is 0 Å². The van der Waals surface area contributed by atoms with Crippen molar-refractivity contribution in [3.05, 3.63) is 200 Å². The number of aromatic nitrogens is 7. The molecule has 12 rings (SSSR count). The fraction of sp³-hybridized carbons (Fsp3) is 0. The first-order valence-electron chi connectivity index (χ1n) is 19.7. The average molecular weight is 756 g/mol. The second kappa shape index (κ2) is 13.2. The number of fused-ring (bicyclic) bond motifs is 8. The van der Waals surface area contributed by atoms with Crippen molar-refractivity contribution < 1.29 is 0 Å². The Bertz CT molecular complexity index is 3490. The molecule has 12 aromatic rings. The maximum atomic E-state index is 5.17. The summed E-state index contributed by atoms with van der Waals surface area (Å²) in [5.41, 5.74) is 13.7. The average Bonchev–Trinajstić information content (AvgIpc) is 3.96. The fourth-order valence-electron chi connectivity index (χ4n) is 8.64. The Morgan fingerprint density at radius 1 is 0.322 bits per heavy atom. The van der Waals surface area contributed by atoms with Gasteiger partial charge in [0.1, 0.15) is 0 Å². The number of para-hydroxylation sites is 5. The van der Waals surface area contributed by atoms with Crippen LogP contribution in [0.1, 0.15) is 0 Å². The highest BCUT2D eigenvalue weighted by Crippen LogP contribution is 2.40. The fourth-order valence-corrected chi connectivity index (χ4v) is 8.64. The molecule has 276 valence electrons. The Balaban J connectivity index is 1.04. The lowest BCUT2D eigenvalue weighted by Crippen LogP contribution is -2.01. The Labute approximate surface area is 338 Å². The number of rotatable bonds is 6. The van der Waals surface area contributed by atoms with Gasteiger partial charge in [-0.2, -0.15) is 0 Å². The van der Waals surface area contributed by atoms with Gasteiger partial charge in [0.05, 0.1) is 33.1 Å². The lowest BCUT2D eigenvalue weighted by Gasteiger charge is -2.12. The van der Waals surface area contributed by atoms with E-state index in [1.807, 2.05) is 60.7 Å². The number of hydrogen-bond donors (Lipinski definition) is 0. The molecule has 4 heterocycles. The van der Waals surface area contributed by atoms with Gasteiger partial charge in [-0.3, -0.25) is 8.97 Å². The minimum absolute atomic E-state index is 0.622. The van der Waals surface area contributed by atoms with Crippen LogP contribution in [0.3, 0.4) is 0 Å². The molecular weight excluding hydrogens is 723 g/mol. The van der Waals surface area contributed by atoms with Crippen LogP contribution >= 0.6 is 0 Å². The lowest BCUT2D eigenvalue weighted by atomic mass is 10.0. The maximum absolute atomic E-state index is 5.17. The van der Waals surface area contributed by atoms with E-state index in [1.165, 1.54) is 10.8 Å². The van der Waals surface area contributed by atoms with Crippen molar-refractivity contribution in [2.45, 2.75) is 0 Å². The molecule has 0 saturated carbocycles. The zero-order valence-corrected chi connectivity index (χ0v) is 31.7. The maximum Gasteiger partial charge on any atom is 0.220 e. The van der Waals surface area contributed by atoms with E-state index in [-0.39, 0.29) is 0 Å². The molecule has 0 aliphatic carbocycles. The molecule has 0 unspecified atom stereocenters. The Morgan fingerprint density at radius 3 is 1.63 bits per heavy atom. The zero-order chi connectivity index (χ0) is 38.9. The molecule has 0 aliphatic rings. The van der Waals surface area contributed by atoms with Crippen LogP contribution in [-0.2, 0) is 0 Å². The van der Waals surface area contributed by atoms with E-state index in [2.05, 4.69) is 153 Å². The van der Waals surface area contributed by atoms with E-state index < -0.39 is 0 Å². The SMILES string of the molecule is c1ccc(-c2nc(-c3ccccc3)nc(-c3cccc(-n4c5ccccc5c5cc(-c6cccc7c6n6c8ccccc8nc6n7-c6ccccc6)ccc54)c3)n2)cc1. The van der Waals surface area contributed by atoms with E-state index in [4.69, 9.17) is 19.9 Å². The molecule has 0 aliphatic heterocycles. The largest absolute Gasteiger partial charge is 0.309 e. The molecule has 0 atom stereocenters. The lowest BCUT2D eigenvalue weighted by molar-refractivity contribution is 1.07. The molecular formula is C52H33N7. The third-order valence-corrected chi connectivity index (χ3v) is 11.3. The van der Waals surface area contributed by atoms with Gasteiger partial charge in [0.2, 0.25) is 5.78 Å². The first kappa shape index (κ1) is 33.0. The van der Waals surface area contributed by atoms with Gasteiger partial charge >= 0.3 is 0 Å². The van der Waals surface area contributed by atoms with Gasteiger partial charge < -0.3 is 4.57 Å². The molecule has 0 spiro atoms. The summed E-state index contributed by atoms with van der Waals surface area (Å²) in [7, 11) is 0. The summed E-state index contributed by atoms with van der Waals surface area (Å²) in [5.74, 6) is 2.79. The van der Waals surface area contributed by atoms with Crippen molar-refractivity contribution in [1.82, 2.24) is 33.5 Å². The van der Waals surface area contributed by atoms with E-state index in [9.17, 15) is 0 Å². The van der Waals surface area contributed by atoms with Gasteiger partial charge in [-0.15, -0.1) is 0 Å². The summed E-state index contributed by atoms with van der Waals surface area (Å²) < 4.78 is 6.94. The van der Waals surface area contributed by atoms with E-state index in [0.717, 1.165) is 78.1 Å². The van der Waals surface area contributed by atoms with Crippen molar-refractivity contribution in [1.29, 1.82) is 0 Å². The van der Waals surface area contributed by atoms with Crippen molar-refractivity contribution in [2.24, 2.45) is 0 Å². The molecule has 0 N–H and O–H groups in total. The summed E-state index contributed by atoms with van der Waals surface area (Å²) in [4.78, 5) is 20.2. The van der Waals surface area contributed by atoms with Gasteiger partial charge in [0.25, 0.3) is 0 Å². The standard InChI is InChI=1S/C52H33N7/c1-4-16-34(17-5-1)49-54-50(35-18-6-2-7-19-35)56-51(55-49)37-20-14-23-39(32-37)57-44-27-12-10-24-41(44)42-33-36(30-31-45(42)57)40-25-15-29-47-48(40)59-46-28-13-11-26-43(46)53-52(59)58(47)38-21-8-3-9-22-38/h1-33H. The number of hydrogen-bond acceptors (Lipinski definition) is 4. The Morgan fingerprint density at radius 2 is 0.881 bits per heavy atom. The summed E-state index contributed by atoms with van der Waals surface area (Å²) in [6, 6.07) is 69.7. The highest BCUT2D eigenvalue weighted by atomic mass is 15.2. The van der Waals surface area contributed by atoms with Crippen molar-refractivity contribution in [3.8, 4) is 56.7 Å². The van der Waals surface area contributed by atoms with Crippen LogP contribution in [0.2, 0.25) is 0 Å². The molecule has 0 saturated heterocycles. The number of nitrogens with zero attached hydrogens (tertiary/aromatic N) is 7. The molecule has 4 aromatic heterocycles. The highest BCUT2D eigenvalue weighted by Gasteiger charge is 2.22.